The molecule has 1 aliphatic carbocycles. The number of nitrogens with zero attached hydrogens (tertiary/aromatic N) is 1. The molecule has 0 heterocycles. The van der Waals surface area contributed by atoms with Gasteiger partial charge in [0.1, 0.15) is 0 Å². The maximum Gasteiger partial charge on any atom is 0.0672 e. The van der Waals surface area contributed by atoms with E-state index in [2.05, 4.69) is 42.6 Å². The van der Waals surface area contributed by atoms with Crippen LogP contribution in [0.1, 0.15) is 36.8 Å². The maximum atomic E-state index is 9.12. The number of hydrogen-bond acceptors (Lipinski definition) is 2. The smallest absolute Gasteiger partial charge is 0.0672 e. The van der Waals surface area contributed by atoms with Gasteiger partial charge in [-0.3, -0.25) is 0 Å². The van der Waals surface area contributed by atoms with Crippen LogP contribution in [0.25, 0.3) is 0 Å². The van der Waals surface area contributed by atoms with Gasteiger partial charge in [-0.05, 0) is 38.3 Å². The molecule has 1 aliphatic rings. The summed E-state index contributed by atoms with van der Waals surface area (Å²) in [5, 5.41) is 12.7. The van der Waals surface area contributed by atoms with Crippen molar-refractivity contribution < 1.29 is 0 Å². The zero-order valence-corrected chi connectivity index (χ0v) is 11.2. The summed E-state index contributed by atoms with van der Waals surface area (Å²) in [5.41, 5.74) is 2.70. The minimum atomic E-state index is 0.219. The Kier molecular flexibility index (Phi) is 4.78. The summed E-state index contributed by atoms with van der Waals surface area (Å²) in [6, 6.07) is 11.5. The molecule has 1 N–H and O–H groups in total. The van der Waals surface area contributed by atoms with Gasteiger partial charge in [0, 0.05) is 6.04 Å². The second-order valence-corrected chi connectivity index (χ2v) is 5.32. The number of rotatable bonds is 4. The third kappa shape index (κ3) is 3.58. The molecule has 1 aromatic carbocycles. The van der Waals surface area contributed by atoms with Crippen LogP contribution in [0.15, 0.2) is 24.3 Å². The fourth-order valence-electron chi connectivity index (χ4n) is 2.80. The number of benzene rings is 1. The molecule has 2 rings (SSSR count). The molecule has 0 amide bonds. The van der Waals surface area contributed by atoms with Crippen molar-refractivity contribution >= 4 is 0 Å². The highest BCUT2D eigenvalue weighted by atomic mass is 14.9. The predicted octanol–water partition coefficient (Wildman–Crippen LogP) is 3.21. The van der Waals surface area contributed by atoms with Gasteiger partial charge in [-0.25, -0.2) is 0 Å². The lowest BCUT2D eigenvalue weighted by Crippen LogP contribution is -2.38. The van der Waals surface area contributed by atoms with E-state index >= 15 is 0 Å². The molecule has 0 aliphatic heterocycles. The molecule has 1 fully saturated rings. The molecule has 96 valence electrons. The normalized spacial score (nSPS) is 23.6. The number of nitriles is 1. The molecule has 0 spiro atoms. The highest BCUT2D eigenvalue weighted by Gasteiger charge is 2.23. The van der Waals surface area contributed by atoms with Crippen LogP contribution in [0.4, 0.5) is 0 Å². The van der Waals surface area contributed by atoms with Crippen LogP contribution in [0.5, 0.6) is 0 Å². The van der Waals surface area contributed by atoms with Crippen molar-refractivity contribution in [3.63, 3.8) is 0 Å². The van der Waals surface area contributed by atoms with Gasteiger partial charge >= 0.3 is 0 Å². The first-order valence-corrected chi connectivity index (χ1v) is 6.98. The van der Waals surface area contributed by atoms with Crippen molar-refractivity contribution in [3.05, 3.63) is 35.4 Å². The Bertz CT molecular complexity index is 419. The molecule has 1 aromatic rings. The molecular formula is C16H22N2. The van der Waals surface area contributed by atoms with Gasteiger partial charge < -0.3 is 5.32 Å². The standard InChI is InChI=1S/C16H22N2/c1-13-5-4-6-14(11-13)9-10-18-16-8-3-2-7-15(16)12-17/h4-6,11,15-16,18H,2-3,7-10H2,1H3. The Morgan fingerprint density at radius 3 is 2.94 bits per heavy atom. The molecule has 2 atom stereocenters. The summed E-state index contributed by atoms with van der Waals surface area (Å²) < 4.78 is 0. The molecule has 0 bridgehead atoms. The summed E-state index contributed by atoms with van der Waals surface area (Å²) in [7, 11) is 0. The molecule has 0 aromatic heterocycles. The Balaban J connectivity index is 1.79. The summed E-state index contributed by atoms with van der Waals surface area (Å²) in [6.45, 7) is 3.11. The summed E-state index contributed by atoms with van der Waals surface area (Å²) in [5.74, 6) is 0.219. The van der Waals surface area contributed by atoms with Crippen LogP contribution in [0.3, 0.4) is 0 Å². The monoisotopic (exact) mass is 242 g/mol. The number of aryl methyl sites for hydroxylation is 1. The summed E-state index contributed by atoms with van der Waals surface area (Å²) >= 11 is 0. The van der Waals surface area contributed by atoms with E-state index in [1.807, 2.05) is 0 Å². The zero-order chi connectivity index (χ0) is 12.8. The van der Waals surface area contributed by atoms with Crippen LogP contribution in [-0.2, 0) is 6.42 Å². The van der Waals surface area contributed by atoms with Crippen molar-refractivity contribution in [3.8, 4) is 6.07 Å². The van der Waals surface area contributed by atoms with E-state index in [1.165, 1.54) is 24.0 Å². The lowest BCUT2D eigenvalue weighted by Gasteiger charge is -2.27. The lowest BCUT2D eigenvalue weighted by molar-refractivity contribution is 0.314. The highest BCUT2D eigenvalue weighted by molar-refractivity contribution is 5.22. The van der Waals surface area contributed by atoms with Gasteiger partial charge in [-0.1, -0.05) is 42.7 Å². The van der Waals surface area contributed by atoms with Crippen LogP contribution in [-0.4, -0.2) is 12.6 Å². The van der Waals surface area contributed by atoms with E-state index in [0.717, 1.165) is 25.8 Å². The van der Waals surface area contributed by atoms with E-state index in [9.17, 15) is 0 Å². The van der Waals surface area contributed by atoms with E-state index in [4.69, 9.17) is 5.26 Å². The topological polar surface area (TPSA) is 35.8 Å². The third-order valence-corrected chi connectivity index (χ3v) is 3.83. The second-order valence-electron chi connectivity index (χ2n) is 5.32. The van der Waals surface area contributed by atoms with Crippen molar-refractivity contribution in [2.75, 3.05) is 6.54 Å². The zero-order valence-electron chi connectivity index (χ0n) is 11.2. The van der Waals surface area contributed by atoms with Crippen molar-refractivity contribution in [1.82, 2.24) is 5.32 Å². The van der Waals surface area contributed by atoms with Crippen LogP contribution in [0, 0.1) is 24.2 Å². The van der Waals surface area contributed by atoms with Gasteiger partial charge in [0.15, 0.2) is 0 Å². The highest BCUT2D eigenvalue weighted by Crippen LogP contribution is 2.23. The maximum absolute atomic E-state index is 9.12. The first-order chi connectivity index (χ1) is 8.79. The Hall–Kier alpha value is -1.33. The van der Waals surface area contributed by atoms with Gasteiger partial charge in [0.05, 0.1) is 12.0 Å². The first kappa shape index (κ1) is 13.1. The van der Waals surface area contributed by atoms with Crippen LogP contribution < -0.4 is 5.32 Å². The van der Waals surface area contributed by atoms with Crippen LogP contribution in [0.2, 0.25) is 0 Å². The molecule has 1 saturated carbocycles. The molecule has 2 heteroatoms. The van der Waals surface area contributed by atoms with Crippen LogP contribution >= 0.6 is 0 Å². The minimum Gasteiger partial charge on any atom is -0.312 e. The molecule has 0 radical (unpaired) electrons. The minimum absolute atomic E-state index is 0.219. The van der Waals surface area contributed by atoms with Gasteiger partial charge in [0.2, 0.25) is 0 Å². The van der Waals surface area contributed by atoms with E-state index < -0.39 is 0 Å². The number of nitrogens with one attached hydrogen (secondary N) is 1. The average Bonchev–Trinajstić information content (AvgIpc) is 2.39. The third-order valence-electron chi connectivity index (χ3n) is 3.83. The van der Waals surface area contributed by atoms with Crippen molar-refractivity contribution in [2.45, 2.75) is 45.1 Å². The predicted molar refractivity (Wildman–Crippen MR) is 74.2 cm³/mol. The number of hydrogen-bond donors (Lipinski definition) is 1. The SMILES string of the molecule is Cc1cccc(CCNC2CCCCC2C#N)c1. The molecule has 2 nitrogen and oxygen atoms in total. The Morgan fingerprint density at radius 1 is 1.33 bits per heavy atom. The van der Waals surface area contributed by atoms with Crippen molar-refractivity contribution in [2.24, 2.45) is 5.92 Å². The summed E-state index contributed by atoms with van der Waals surface area (Å²) in [6.07, 6.45) is 5.76. The summed E-state index contributed by atoms with van der Waals surface area (Å²) in [4.78, 5) is 0. The largest absolute Gasteiger partial charge is 0.312 e. The second kappa shape index (κ2) is 6.56. The van der Waals surface area contributed by atoms with Gasteiger partial charge in [-0.2, -0.15) is 5.26 Å². The quantitative estimate of drug-likeness (QED) is 0.880. The fourth-order valence-corrected chi connectivity index (χ4v) is 2.80. The van der Waals surface area contributed by atoms with E-state index in [1.54, 1.807) is 0 Å². The molecule has 0 saturated heterocycles. The Morgan fingerprint density at radius 2 is 2.17 bits per heavy atom. The first-order valence-electron chi connectivity index (χ1n) is 6.98. The fraction of sp³-hybridized carbons (Fsp3) is 0.562. The Labute approximate surface area is 110 Å². The molecular weight excluding hydrogens is 220 g/mol. The van der Waals surface area contributed by atoms with Gasteiger partial charge in [0.25, 0.3) is 0 Å². The van der Waals surface area contributed by atoms with Crippen molar-refractivity contribution in [1.29, 1.82) is 5.26 Å². The molecule has 18 heavy (non-hydrogen) atoms. The van der Waals surface area contributed by atoms with E-state index in [0.29, 0.717) is 6.04 Å². The lowest BCUT2D eigenvalue weighted by atomic mass is 9.85. The average molecular weight is 242 g/mol. The molecule has 2 unspecified atom stereocenters. The van der Waals surface area contributed by atoms with Gasteiger partial charge in [-0.15, -0.1) is 0 Å². The van der Waals surface area contributed by atoms with E-state index in [-0.39, 0.29) is 5.92 Å².